The van der Waals surface area contributed by atoms with Crippen molar-refractivity contribution in [3.63, 3.8) is 0 Å². The van der Waals surface area contributed by atoms with Crippen molar-refractivity contribution in [2.45, 2.75) is 52.4 Å². The van der Waals surface area contributed by atoms with Crippen LogP contribution in [0.5, 0.6) is 5.75 Å². The maximum atomic E-state index is 14.2. The topological polar surface area (TPSA) is 56.1 Å². The highest BCUT2D eigenvalue weighted by Gasteiger charge is 2.32. The molecular weight excluding hydrogens is 448 g/mol. The van der Waals surface area contributed by atoms with Crippen molar-refractivity contribution < 1.29 is 18.3 Å². The Morgan fingerprint density at radius 2 is 1.77 bits per heavy atom. The van der Waals surface area contributed by atoms with Gasteiger partial charge in [-0.3, -0.25) is 4.79 Å². The Morgan fingerprint density at radius 3 is 2.46 bits per heavy atom. The van der Waals surface area contributed by atoms with Gasteiger partial charge in [0.2, 0.25) is 0 Å². The molecule has 4 rings (SSSR count). The molecule has 2 atom stereocenters. The number of nitrogens with one attached hydrogen (secondary N) is 1. The number of aromatic nitrogens is 2. The molecule has 0 unspecified atom stereocenters. The summed E-state index contributed by atoms with van der Waals surface area (Å²) in [5, 5.41) is 8.05. The summed E-state index contributed by atoms with van der Waals surface area (Å²) in [6.07, 6.45) is 1.17. The predicted molar refractivity (Wildman–Crippen MR) is 133 cm³/mol. The van der Waals surface area contributed by atoms with Crippen LogP contribution in [0.1, 0.15) is 43.6 Å². The number of hydrogen-bond donors (Lipinski definition) is 1. The fourth-order valence-corrected chi connectivity index (χ4v) is 3.97. The monoisotopic (exact) mass is 477 g/mol. The minimum atomic E-state index is -2.01. The maximum Gasteiger partial charge on any atom is 0.257 e. The average Bonchev–Trinajstić information content (AvgIpc) is 3.22. The summed E-state index contributed by atoms with van der Waals surface area (Å²) in [4.78, 5) is 12.4. The minimum Gasteiger partial charge on any atom is -0.484 e. The number of nitrogens with zero attached hydrogens (tertiary/aromatic N) is 2. The molecule has 0 aliphatic carbocycles. The van der Waals surface area contributed by atoms with Gasteiger partial charge in [0.15, 0.2) is 5.67 Å². The van der Waals surface area contributed by atoms with Gasteiger partial charge in [-0.05, 0) is 88.2 Å². The Bertz CT molecular complexity index is 1360. The van der Waals surface area contributed by atoms with Gasteiger partial charge in [0.1, 0.15) is 17.7 Å². The molecule has 1 aromatic heterocycles. The van der Waals surface area contributed by atoms with E-state index in [-0.39, 0.29) is 5.82 Å². The summed E-state index contributed by atoms with van der Waals surface area (Å²) in [7, 11) is 0. The first kappa shape index (κ1) is 24.4. The number of halogens is 2. The smallest absolute Gasteiger partial charge is 0.257 e. The SMILES string of the molecule is Cc1ccc(C)c([C@@H](Oc2ccc3c(cnn3-c3ccc(F)cc3)c2)[C@H](C)NC(=O)C(C)(C)F)c1. The van der Waals surface area contributed by atoms with Crippen LogP contribution in [0.2, 0.25) is 0 Å². The second-order valence-corrected chi connectivity index (χ2v) is 9.39. The number of carbonyl (C=O) groups is 1. The number of aryl methyl sites for hydroxylation is 2. The molecule has 1 amide bonds. The van der Waals surface area contributed by atoms with E-state index in [9.17, 15) is 13.6 Å². The Morgan fingerprint density at radius 1 is 1.06 bits per heavy atom. The first-order chi connectivity index (χ1) is 16.5. The van der Waals surface area contributed by atoms with Crippen LogP contribution >= 0.6 is 0 Å². The summed E-state index contributed by atoms with van der Waals surface area (Å²) < 4.78 is 35.7. The predicted octanol–water partition coefficient (Wildman–Crippen LogP) is 6.15. The van der Waals surface area contributed by atoms with Crippen LogP contribution in [-0.2, 0) is 4.79 Å². The van der Waals surface area contributed by atoms with Crippen LogP contribution in [0.25, 0.3) is 16.6 Å². The zero-order valence-electron chi connectivity index (χ0n) is 20.5. The van der Waals surface area contributed by atoms with Crippen LogP contribution in [0.3, 0.4) is 0 Å². The molecule has 7 heteroatoms. The highest BCUT2D eigenvalue weighted by atomic mass is 19.1. The van der Waals surface area contributed by atoms with Gasteiger partial charge in [-0.1, -0.05) is 23.8 Å². The maximum absolute atomic E-state index is 14.2. The molecule has 3 aromatic carbocycles. The van der Waals surface area contributed by atoms with Crippen molar-refractivity contribution >= 4 is 16.8 Å². The van der Waals surface area contributed by atoms with E-state index in [4.69, 9.17) is 4.74 Å². The third-order valence-corrected chi connectivity index (χ3v) is 5.97. The zero-order valence-corrected chi connectivity index (χ0v) is 20.5. The number of carbonyl (C=O) groups excluding carboxylic acids is 1. The summed E-state index contributed by atoms with van der Waals surface area (Å²) in [5.74, 6) is -0.418. The van der Waals surface area contributed by atoms with E-state index >= 15 is 0 Å². The van der Waals surface area contributed by atoms with Gasteiger partial charge < -0.3 is 10.1 Å². The van der Waals surface area contributed by atoms with Gasteiger partial charge in [-0.2, -0.15) is 5.10 Å². The number of alkyl halides is 1. The Balaban J connectivity index is 1.68. The molecule has 0 saturated heterocycles. The lowest BCUT2D eigenvalue weighted by Gasteiger charge is -2.29. The van der Waals surface area contributed by atoms with Crippen LogP contribution in [-0.4, -0.2) is 27.4 Å². The lowest BCUT2D eigenvalue weighted by Crippen LogP contribution is -2.46. The molecule has 1 N–H and O–H groups in total. The number of amides is 1. The molecule has 0 spiro atoms. The summed E-state index contributed by atoms with van der Waals surface area (Å²) in [6, 6.07) is 17.2. The third-order valence-electron chi connectivity index (χ3n) is 5.97. The van der Waals surface area contributed by atoms with E-state index in [2.05, 4.69) is 10.4 Å². The molecule has 182 valence electrons. The van der Waals surface area contributed by atoms with Crippen LogP contribution in [0.15, 0.2) is 66.9 Å². The first-order valence-electron chi connectivity index (χ1n) is 11.5. The van der Waals surface area contributed by atoms with Crippen LogP contribution < -0.4 is 10.1 Å². The fraction of sp³-hybridized carbons (Fsp3) is 0.286. The van der Waals surface area contributed by atoms with E-state index in [0.29, 0.717) is 5.75 Å². The van der Waals surface area contributed by atoms with Crippen molar-refractivity contribution in [1.29, 1.82) is 0 Å². The lowest BCUT2D eigenvalue weighted by atomic mass is 9.96. The molecule has 5 nitrogen and oxygen atoms in total. The minimum absolute atomic E-state index is 0.309. The van der Waals surface area contributed by atoms with Gasteiger partial charge >= 0.3 is 0 Å². The molecule has 0 aliphatic rings. The molecule has 4 aromatic rings. The lowest BCUT2D eigenvalue weighted by molar-refractivity contribution is -0.132. The molecule has 0 aliphatic heterocycles. The largest absolute Gasteiger partial charge is 0.484 e. The fourth-order valence-electron chi connectivity index (χ4n) is 3.97. The van der Waals surface area contributed by atoms with Gasteiger partial charge in [-0.25, -0.2) is 13.5 Å². The number of ether oxygens (including phenoxy) is 1. The second kappa shape index (κ2) is 9.49. The number of fused-ring (bicyclic) bond motifs is 1. The highest BCUT2D eigenvalue weighted by Crippen LogP contribution is 2.31. The normalized spacial score (nSPS) is 13.5. The summed E-state index contributed by atoms with van der Waals surface area (Å²) >= 11 is 0. The van der Waals surface area contributed by atoms with Crippen molar-refractivity contribution in [3.8, 4) is 11.4 Å². The van der Waals surface area contributed by atoms with Gasteiger partial charge in [0.05, 0.1) is 23.4 Å². The van der Waals surface area contributed by atoms with E-state index in [1.165, 1.54) is 26.0 Å². The Labute approximate surface area is 203 Å². The molecule has 1 heterocycles. The standard InChI is InChI=1S/C28H29F2N3O2/c1-17-6-7-18(2)24(14-17)26(19(3)32-27(34)28(4,5)30)35-23-12-13-25-20(15-23)16-31-33(25)22-10-8-21(29)9-11-22/h6-16,19,26H,1-5H3,(H,32,34)/t19-,26-/m0/s1. The summed E-state index contributed by atoms with van der Waals surface area (Å²) in [5.41, 5.74) is 2.55. The van der Waals surface area contributed by atoms with Gasteiger partial charge in [0, 0.05) is 5.39 Å². The average molecular weight is 478 g/mol. The molecule has 35 heavy (non-hydrogen) atoms. The number of hydrogen-bond acceptors (Lipinski definition) is 3. The second-order valence-electron chi connectivity index (χ2n) is 9.39. The van der Waals surface area contributed by atoms with Crippen molar-refractivity contribution in [2.24, 2.45) is 0 Å². The Hall–Kier alpha value is -3.74. The van der Waals surface area contributed by atoms with E-state index in [0.717, 1.165) is 33.3 Å². The van der Waals surface area contributed by atoms with E-state index < -0.39 is 23.7 Å². The first-order valence-corrected chi connectivity index (χ1v) is 11.5. The quantitative estimate of drug-likeness (QED) is 0.347. The molecule has 0 radical (unpaired) electrons. The number of rotatable bonds is 7. The molecule has 0 fully saturated rings. The number of benzene rings is 3. The molecule has 0 saturated carbocycles. The van der Waals surface area contributed by atoms with Crippen molar-refractivity contribution in [1.82, 2.24) is 15.1 Å². The van der Waals surface area contributed by atoms with Gasteiger partial charge in [0.25, 0.3) is 5.91 Å². The summed E-state index contributed by atoms with van der Waals surface area (Å²) in [6.45, 7) is 8.24. The molecule has 0 bridgehead atoms. The Kier molecular flexibility index (Phi) is 6.61. The highest BCUT2D eigenvalue weighted by molar-refractivity contribution is 5.84. The van der Waals surface area contributed by atoms with Gasteiger partial charge in [-0.15, -0.1) is 0 Å². The van der Waals surface area contributed by atoms with Crippen LogP contribution in [0.4, 0.5) is 8.78 Å². The van der Waals surface area contributed by atoms with Crippen molar-refractivity contribution in [3.05, 3.63) is 89.4 Å². The van der Waals surface area contributed by atoms with E-state index in [1.807, 2.05) is 50.2 Å². The molecular formula is C28H29F2N3O2. The van der Waals surface area contributed by atoms with E-state index in [1.54, 1.807) is 29.9 Å². The van der Waals surface area contributed by atoms with Crippen molar-refractivity contribution in [2.75, 3.05) is 0 Å². The van der Waals surface area contributed by atoms with Crippen LogP contribution in [0, 0.1) is 19.7 Å². The zero-order chi connectivity index (χ0) is 25.3. The third kappa shape index (κ3) is 5.34.